The highest BCUT2D eigenvalue weighted by atomic mass is 35.5. The molecular formula is C40H50ClN5O12. The second-order valence-electron chi connectivity index (χ2n) is 16.3. The summed E-state index contributed by atoms with van der Waals surface area (Å²) in [6, 6.07) is 8.75. The van der Waals surface area contributed by atoms with Gasteiger partial charge in [0.05, 0.1) is 25.5 Å². The minimum absolute atomic E-state index is 0.0355. The Bertz CT molecular complexity index is 2020. The van der Waals surface area contributed by atoms with Crippen molar-refractivity contribution in [1.82, 2.24) is 19.5 Å². The molecule has 1 saturated heterocycles. The minimum Gasteiger partial charge on any atom is -0.463 e. The van der Waals surface area contributed by atoms with Gasteiger partial charge in [0, 0.05) is 6.42 Å². The van der Waals surface area contributed by atoms with Gasteiger partial charge in [-0.3, -0.25) is 9.36 Å². The van der Waals surface area contributed by atoms with Crippen molar-refractivity contribution in [3.8, 4) is 12.3 Å². The van der Waals surface area contributed by atoms with Crippen LogP contribution in [-0.4, -0.2) is 97.4 Å². The molecule has 17 nitrogen and oxygen atoms in total. The third-order valence-corrected chi connectivity index (χ3v) is 8.31. The lowest BCUT2D eigenvalue weighted by atomic mass is 9.90. The SMILES string of the molecule is C#C[C@@H]1[C@@H](OC(=O)OC(C)(C)C)[C@H](n2cnc3c(N(C(=O)OC(C)(C)C)C(=O)OC(C)(C)C)nc(Cl)nc32)O[C@@H]1COC(Cc1ccccc1)(C(C)=O)C(=O)OCC. The zero-order valence-corrected chi connectivity index (χ0v) is 35.2. The predicted octanol–water partition coefficient (Wildman–Crippen LogP) is 6.77. The average Bonchev–Trinajstić information content (AvgIpc) is 3.65. The fourth-order valence-electron chi connectivity index (χ4n) is 5.80. The molecule has 0 saturated carbocycles. The first-order valence-electron chi connectivity index (χ1n) is 18.4. The molecule has 0 bridgehead atoms. The fraction of sp³-hybridized carbons (Fsp3) is 0.550. The maximum absolute atomic E-state index is 13.6. The molecule has 3 aromatic rings. The summed E-state index contributed by atoms with van der Waals surface area (Å²) in [5, 5.41) is -0.432. The molecule has 1 unspecified atom stereocenters. The number of hydrogen-bond donors (Lipinski definition) is 0. The number of benzene rings is 1. The maximum atomic E-state index is 13.6. The highest BCUT2D eigenvalue weighted by Gasteiger charge is 2.52. The number of imide groups is 1. The summed E-state index contributed by atoms with van der Waals surface area (Å²) in [4.78, 5) is 80.7. The normalized spacial score (nSPS) is 19.4. The van der Waals surface area contributed by atoms with E-state index in [4.69, 9.17) is 51.2 Å². The Morgan fingerprint density at radius 3 is 2.02 bits per heavy atom. The Hall–Kier alpha value is -5.31. The Morgan fingerprint density at radius 1 is 0.914 bits per heavy atom. The van der Waals surface area contributed by atoms with Gasteiger partial charge >= 0.3 is 24.3 Å². The Labute approximate surface area is 341 Å². The van der Waals surface area contributed by atoms with Crippen molar-refractivity contribution in [2.24, 2.45) is 5.92 Å². The number of terminal acetylenes is 1. The molecule has 2 amide bonds. The van der Waals surface area contributed by atoms with Crippen molar-refractivity contribution in [2.75, 3.05) is 18.1 Å². The number of carbonyl (C=O) groups excluding carboxylic acids is 5. The van der Waals surface area contributed by atoms with Crippen molar-refractivity contribution >= 4 is 58.7 Å². The summed E-state index contributed by atoms with van der Waals surface area (Å²) >= 11 is 6.44. The molecule has 58 heavy (non-hydrogen) atoms. The van der Waals surface area contributed by atoms with Crippen molar-refractivity contribution in [3.63, 3.8) is 0 Å². The van der Waals surface area contributed by atoms with Gasteiger partial charge < -0.3 is 33.2 Å². The van der Waals surface area contributed by atoms with E-state index in [1.165, 1.54) is 17.8 Å². The van der Waals surface area contributed by atoms with E-state index in [1.807, 2.05) is 0 Å². The van der Waals surface area contributed by atoms with E-state index in [9.17, 15) is 24.0 Å². The van der Waals surface area contributed by atoms with Gasteiger partial charge in [0.1, 0.15) is 22.9 Å². The number of carbonyl (C=O) groups is 5. The molecule has 1 fully saturated rings. The van der Waals surface area contributed by atoms with Gasteiger partial charge in [-0.2, -0.15) is 14.9 Å². The van der Waals surface area contributed by atoms with Crippen LogP contribution in [0.15, 0.2) is 36.7 Å². The number of halogens is 1. The molecule has 1 aliphatic rings. The van der Waals surface area contributed by atoms with Gasteiger partial charge in [-0.25, -0.2) is 24.2 Å². The number of rotatable bonds is 11. The molecule has 0 aliphatic carbocycles. The van der Waals surface area contributed by atoms with Crippen LogP contribution in [0.3, 0.4) is 0 Å². The van der Waals surface area contributed by atoms with Crippen LogP contribution in [0.2, 0.25) is 5.28 Å². The number of Topliss-reactive ketones (excluding diaryl/α,β-unsaturated/α-hetero) is 1. The number of ketones is 1. The molecule has 1 aromatic carbocycles. The number of aromatic nitrogens is 4. The van der Waals surface area contributed by atoms with Gasteiger partial charge in [-0.1, -0.05) is 36.3 Å². The van der Waals surface area contributed by atoms with Crippen molar-refractivity contribution in [3.05, 3.63) is 47.5 Å². The summed E-state index contributed by atoms with van der Waals surface area (Å²) in [6.07, 6.45) is -0.122. The van der Waals surface area contributed by atoms with Crippen molar-refractivity contribution < 1.29 is 57.1 Å². The summed E-state index contributed by atoms with van der Waals surface area (Å²) in [6.45, 7) is 16.9. The molecule has 5 atom stereocenters. The molecule has 2 aromatic heterocycles. The zero-order chi connectivity index (χ0) is 43.4. The Morgan fingerprint density at radius 2 is 1.50 bits per heavy atom. The van der Waals surface area contributed by atoms with Gasteiger partial charge in [0.15, 0.2) is 35.1 Å². The van der Waals surface area contributed by atoms with E-state index >= 15 is 0 Å². The van der Waals surface area contributed by atoms with Crippen LogP contribution in [0.1, 0.15) is 88.0 Å². The third kappa shape index (κ3) is 11.0. The summed E-state index contributed by atoms with van der Waals surface area (Å²) in [5.41, 5.74) is -4.80. The fourth-order valence-corrected chi connectivity index (χ4v) is 5.96. The summed E-state index contributed by atoms with van der Waals surface area (Å²) in [7, 11) is 0. The van der Waals surface area contributed by atoms with Crippen molar-refractivity contribution in [2.45, 2.75) is 123 Å². The van der Waals surface area contributed by atoms with Crippen LogP contribution in [0.4, 0.5) is 20.2 Å². The Balaban J connectivity index is 1.84. The topological polar surface area (TPSA) is 197 Å². The quantitative estimate of drug-likeness (QED) is 0.0645. The number of anilines is 1. The molecule has 0 radical (unpaired) electrons. The average molecular weight is 828 g/mol. The smallest absolute Gasteiger partial charge is 0.463 e. The second kappa shape index (κ2) is 17.7. The largest absolute Gasteiger partial charge is 0.509 e. The maximum Gasteiger partial charge on any atom is 0.509 e. The van der Waals surface area contributed by atoms with E-state index in [-0.39, 0.29) is 24.2 Å². The molecule has 4 rings (SSSR count). The summed E-state index contributed by atoms with van der Waals surface area (Å²) in [5.74, 6) is -0.456. The van der Waals surface area contributed by atoms with E-state index in [2.05, 4.69) is 20.9 Å². The van der Waals surface area contributed by atoms with Gasteiger partial charge in [0.25, 0.3) is 0 Å². The number of nitrogens with zero attached hydrogens (tertiary/aromatic N) is 5. The third-order valence-electron chi connectivity index (χ3n) is 8.14. The number of amides is 2. The van der Waals surface area contributed by atoms with Gasteiger partial charge in [0.2, 0.25) is 10.9 Å². The summed E-state index contributed by atoms with van der Waals surface area (Å²) < 4.78 is 41.6. The number of esters is 1. The number of ether oxygens (including phenoxy) is 7. The molecule has 18 heteroatoms. The van der Waals surface area contributed by atoms with Crippen LogP contribution >= 0.6 is 11.6 Å². The first-order valence-corrected chi connectivity index (χ1v) is 18.8. The van der Waals surface area contributed by atoms with Gasteiger partial charge in [-0.15, -0.1) is 6.42 Å². The minimum atomic E-state index is -2.11. The lowest BCUT2D eigenvalue weighted by molar-refractivity contribution is -0.182. The monoisotopic (exact) mass is 827 g/mol. The highest BCUT2D eigenvalue weighted by molar-refractivity contribution is 6.29. The van der Waals surface area contributed by atoms with E-state index < -0.39 is 94.6 Å². The van der Waals surface area contributed by atoms with Crippen LogP contribution < -0.4 is 4.90 Å². The predicted molar refractivity (Wildman–Crippen MR) is 209 cm³/mol. The van der Waals surface area contributed by atoms with Crippen LogP contribution in [0.25, 0.3) is 11.2 Å². The standard InChI is InChI=1S/C40H50ClN5O12/c1-13-25-26(21-53-40(23(3)47,32(48)52-14-2)20-24-18-16-15-17-19-24)54-31(28(25)55-36(51)58-39(10,11)12)45-22-42-27-29(45)43-33(41)44-30(27)46(34(49)56-37(4,5)6)35(50)57-38(7,8)9/h1,15-19,22,25-26,28,31H,14,20-21H2,2-12H3/t25-,26+,28+,31+,40?/m0/s1. The first-order chi connectivity index (χ1) is 26.9. The van der Waals surface area contributed by atoms with Gasteiger partial charge in [-0.05, 0) is 93.3 Å². The second-order valence-corrected chi connectivity index (χ2v) is 16.7. The molecule has 1 aliphatic heterocycles. The van der Waals surface area contributed by atoms with Crippen LogP contribution in [0, 0.1) is 18.3 Å². The molecule has 3 heterocycles. The molecular weight excluding hydrogens is 778 g/mol. The molecule has 314 valence electrons. The number of imidazole rings is 1. The van der Waals surface area contributed by atoms with E-state index in [0.29, 0.717) is 10.5 Å². The van der Waals surface area contributed by atoms with E-state index in [1.54, 1.807) is 99.6 Å². The highest BCUT2D eigenvalue weighted by Crippen LogP contribution is 2.40. The van der Waals surface area contributed by atoms with E-state index in [0.717, 1.165) is 0 Å². The number of fused-ring (bicyclic) bond motifs is 1. The van der Waals surface area contributed by atoms with Crippen LogP contribution in [0.5, 0.6) is 0 Å². The lowest BCUT2D eigenvalue weighted by Crippen LogP contribution is -2.52. The molecule has 0 N–H and O–H groups in total. The zero-order valence-electron chi connectivity index (χ0n) is 34.5. The van der Waals surface area contributed by atoms with Crippen molar-refractivity contribution in [1.29, 1.82) is 0 Å². The van der Waals surface area contributed by atoms with Crippen LogP contribution in [-0.2, 0) is 49.2 Å². The first kappa shape index (κ1) is 45.4. The Kier molecular flexibility index (Phi) is 13.8. The lowest BCUT2D eigenvalue weighted by Gasteiger charge is -2.31. The number of hydrogen-bond acceptors (Lipinski definition) is 15. The molecule has 0 spiro atoms.